The monoisotopic (exact) mass is 261 g/mol. The summed E-state index contributed by atoms with van der Waals surface area (Å²) < 4.78 is 2.29. The van der Waals surface area contributed by atoms with Gasteiger partial charge in [0.05, 0.1) is 6.04 Å². The molecular formula is C14H19N3S. The lowest BCUT2D eigenvalue weighted by atomic mass is 10.1. The number of rotatable bonds is 6. The summed E-state index contributed by atoms with van der Waals surface area (Å²) in [6, 6.07) is 5.41. The minimum Gasteiger partial charge on any atom is -0.348 e. The third kappa shape index (κ3) is 2.43. The fraction of sp³-hybridized carbons (Fsp3) is 0.500. The van der Waals surface area contributed by atoms with E-state index in [2.05, 4.69) is 45.5 Å². The SMILES string of the molecule is CCCC(Nc1nccn1C1CC1)c1cccs1. The lowest BCUT2D eigenvalue weighted by molar-refractivity contribution is 0.661. The Labute approximate surface area is 112 Å². The first-order valence-electron chi connectivity index (χ1n) is 6.71. The Kier molecular flexibility index (Phi) is 3.37. The smallest absolute Gasteiger partial charge is 0.203 e. The highest BCUT2D eigenvalue weighted by Gasteiger charge is 2.26. The van der Waals surface area contributed by atoms with Crippen LogP contribution in [0.5, 0.6) is 0 Å². The van der Waals surface area contributed by atoms with E-state index in [0.29, 0.717) is 12.1 Å². The van der Waals surface area contributed by atoms with Crippen LogP contribution in [0.1, 0.15) is 49.6 Å². The second kappa shape index (κ2) is 5.14. The largest absolute Gasteiger partial charge is 0.348 e. The molecule has 0 amide bonds. The van der Waals surface area contributed by atoms with Gasteiger partial charge < -0.3 is 9.88 Å². The standard InChI is InChI=1S/C14H19N3S/c1-2-4-12(13-5-3-10-18-13)16-14-15-8-9-17(14)11-6-7-11/h3,5,8-12H,2,4,6-7H2,1H3,(H,15,16). The van der Waals surface area contributed by atoms with E-state index in [0.717, 1.165) is 12.4 Å². The number of anilines is 1. The zero-order chi connectivity index (χ0) is 12.4. The maximum Gasteiger partial charge on any atom is 0.203 e. The Bertz CT molecular complexity index is 485. The van der Waals surface area contributed by atoms with Crippen LogP contribution in [0.15, 0.2) is 29.9 Å². The van der Waals surface area contributed by atoms with E-state index in [9.17, 15) is 0 Å². The van der Waals surface area contributed by atoms with E-state index in [1.54, 1.807) is 0 Å². The molecule has 1 unspecified atom stereocenters. The van der Waals surface area contributed by atoms with Crippen LogP contribution in [-0.2, 0) is 0 Å². The molecule has 1 N–H and O–H groups in total. The van der Waals surface area contributed by atoms with E-state index in [1.165, 1.54) is 24.1 Å². The Hall–Kier alpha value is -1.29. The highest BCUT2D eigenvalue weighted by atomic mass is 32.1. The number of aromatic nitrogens is 2. The second-order valence-electron chi connectivity index (χ2n) is 4.89. The highest BCUT2D eigenvalue weighted by Crippen LogP contribution is 2.38. The molecule has 1 fully saturated rings. The molecule has 2 aromatic heterocycles. The van der Waals surface area contributed by atoms with Crippen molar-refractivity contribution in [2.75, 3.05) is 5.32 Å². The Morgan fingerprint density at radius 2 is 2.44 bits per heavy atom. The van der Waals surface area contributed by atoms with Gasteiger partial charge in [-0.1, -0.05) is 19.4 Å². The molecule has 3 nitrogen and oxygen atoms in total. The fourth-order valence-corrected chi connectivity index (χ4v) is 3.10. The molecule has 2 aromatic rings. The molecule has 1 saturated carbocycles. The molecule has 0 aliphatic heterocycles. The van der Waals surface area contributed by atoms with E-state index in [4.69, 9.17) is 0 Å². The number of hydrogen-bond acceptors (Lipinski definition) is 3. The summed E-state index contributed by atoms with van der Waals surface area (Å²) in [7, 11) is 0. The van der Waals surface area contributed by atoms with Gasteiger partial charge in [-0.2, -0.15) is 0 Å². The predicted molar refractivity (Wildman–Crippen MR) is 76.1 cm³/mol. The van der Waals surface area contributed by atoms with Gasteiger partial charge in [0.25, 0.3) is 0 Å². The zero-order valence-corrected chi connectivity index (χ0v) is 11.5. The van der Waals surface area contributed by atoms with E-state index < -0.39 is 0 Å². The molecule has 18 heavy (non-hydrogen) atoms. The summed E-state index contributed by atoms with van der Waals surface area (Å²) in [4.78, 5) is 5.87. The Morgan fingerprint density at radius 3 is 3.11 bits per heavy atom. The molecular weight excluding hydrogens is 242 g/mol. The molecule has 0 saturated heterocycles. The normalized spacial score (nSPS) is 16.7. The van der Waals surface area contributed by atoms with Crippen molar-refractivity contribution >= 4 is 17.3 Å². The average molecular weight is 261 g/mol. The molecule has 0 radical (unpaired) electrons. The third-order valence-corrected chi connectivity index (χ3v) is 4.36. The highest BCUT2D eigenvalue weighted by molar-refractivity contribution is 7.10. The van der Waals surface area contributed by atoms with Gasteiger partial charge in [0, 0.05) is 23.3 Å². The van der Waals surface area contributed by atoms with Gasteiger partial charge >= 0.3 is 0 Å². The first kappa shape index (κ1) is 11.8. The van der Waals surface area contributed by atoms with Gasteiger partial charge in [0.2, 0.25) is 5.95 Å². The topological polar surface area (TPSA) is 29.9 Å². The van der Waals surface area contributed by atoms with Crippen molar-refractivity contribution in [1.82, 2.24) is 9.55 Å². The van der Waals surface area contributed by atoms with Gasteiger partial charge in [-0.05, 0) is 30.7 Å². The molecule has 3 rings (SSSR count). The van der Waals surface area contributed by atoms with Crippen LogP contribution >= 0.6 is 11.3 Å². The molecule has 4 heteroatoms. The molecule has 1 atom stereocenters. The van der Waals surface area contributed by atoms with Crippen LogP contribution in [0, 0.1) is 0 Å². The summed E-state index contributed by atoms with van der Waals surface area (Å²) in [6.07, 6.45) is 8.91. The van der Waals surface area contributed by atoms with Crippen molar-refractivity contribution in [3.05, 3.63) is 34.8 Å². The lowest BCUT2D eigenvalue weighted by Crippen LogP contribution is -2.13. The second-order valence-corrected chi connectivity index (χ2v) is 5.87. The predicted octanol–water partition coefficient (Wildman–Crippen LogP) is 4.23. The van der Waals surface area contributed by atoms with Crippen LogP contribution in [0.4, 0.5) is 5.95 Å². The molecule has 0 bridgehead atoms. The quantitative estimate of drug-likeness (QED) is 0.843. The Balaban J connectivity index is 1.77. The molecule has 0 aromatic carbocycles. The van der Waals surface area contributed by atoms with Crippen molar-refractivity contribution in [1.29, 1.82) is 0 Å². The first-order chi connectivity index (χ1) is 8.88. The van der Waals surface area contributed by atoms with Crippen molar-refractivity contribution in [2.45, 2.75) is 44.7 Å². The summed E-state index contributed by atoms with van der Waals surface area (Å²) in [5.74, 6) is 1.03. The minimum absolute atomic E-state index is 0.398. The number of thiophene rings is 1. The third-order valence-electron chi connectivity index (χ3n) is 3.38. The summed E-state index contributed by atoms with van der Waals surface area (Å²) >= 11 is 1.82. The van der Waals surface area contributed by atoms with Crippen LogP contribution in [-0.4, -0.2) is 9.55 Å². The van der Waals surface area contributed by atoms with E-state index in [1.807, 2.05) is 17.5 Å². The molecule has 2 heterocycles. The van der Waals surface area contributed by atoms with Gasteiger partial charge in [-0.15, -0.1) is 11.3 Å². The lowest BCUT2D eigenvalue weighted by Gasteiger charge is -2.18. The fourth-order valence-electron chi connectivity index (χ4n) is 2.29. The van der Waals surface area contributed by atoms with Gasteiger partial charge in [0.15, 0.2) is 0 Å². The maximum atomic E-state index is 4.47. The van der Waals surface area contributed by atoms with Crippen LogP contribution < -0.4 is 5.32 Å². The van der Waals surface area contributed by atoms with Crippen LogP contribution in [0.2, 0.25) is 0 Å². The molecule has 96 valence electrons. The van der Waals surface area contributed by atoms with Crippen molar-refractivity contribution in [3.63, 3.8) is 0 Å². The van der Waals surface area contributed by atoms with E-state index >= 15 is 0 Å². The van der Waals surface area contributed by atoms with Crippen molar-refractivity contribution < 1.29 is 0 Å². The zero-order valence-electron chi connectivity index (χ0n) is 10.7. The van der Waals surface area contributed by atoms with E-state index in [-0.39, 0.29) is 0 Å². The minimum atomic E-state index is 0.398. The van der Waals surface area contributed by atoms with Gasteiger partial charge in [-0.25, -0.2) is 4.98 Å². The summed E-state index contributed by atoms with van der Waals surface area (Å²) in [5, 5.41) is 5.76. The van der Waals surface area contributed by atoms with Crippen LogP contribution in [0.25, 0.3) is 0 Å². The first-order valence-corrected chi connectivity index (χ1v) is 7.59. The molecule has 1 aliphatic carbocycles. The number of imidazole rings is 1. The average Bonchev–Trinajstić information content (AvgIpc) is 2.92. The van der Waals surface area contributed by atoms with Crippen molar-refractivity contribution in [2.24, 2.45) is 0 Å². The van der Waals surface area contributed by atoms with Gasteiger partial charge in [0.1, 0.15) is 0 Å². The van der Waals surface area contributed by atoms with Gasteiger partial charge in [-0.3, -0.25) is 0 Å². The Morgan fingerprint density at radius 1 is 1.56 bits per heavy atom. The molecule has 1 aliphatic rings. The van der Waals surface area contributed by atoms with Crippen molar-refractivity contribution in [3.8, 4) is 0 Å². The summed E-state index contributed by atoms with van der Waals surface area (Å²) in [6.45, 7) is 2.23. The van der Waals surface area contributed by atoms with Crippen LogP contribution in [0.3, 0.4) is 0 Å². The maximum absolute atomic E-state index is 4.47. The summed E-state index contributed by atoms with van der Waals surface area (Å²) in [5.41, 5.74) is 0. The number of nitrogens with zero attached hydrogens (tertiary/aromatic N) is 2. The number of nitrogens with one attached hydrogen (secondary N) is 1. The number of hydrogen-bond donors (Lipinski definition) is 1. The molecule has 0 spiro atoms.